The lowest BCUT2D eigenvalue weighted by atomic mass is 10.0. The molecule has 0 amide bonds. The fourth-order valence-corrected chi connectivity index (χ4v) is 2.28. The van der Waals surface area contributed by atoms with Gasteiger partial charge in [-0.3, -0.25) is 0 Å². The zero-order chi connectivity index (χ0) is 12.4. The van der Waals surface area contributed by atoms with Crippen LogP contribution in [-0.4, -0.2) is 0 Å². The molecule has 1 unspecified atom stereocenters. The van der Waals surface area contributed by atoms with E-state index in [0.717, 1.165) is 5.56 Å². The minimum absolute atomic E-state index is 0.293. The van der Waals surface area contributed by atoms with Gasteiger partial charge in [-0.1, -0.05) is 15.9 Å². The largest absolute Gasteiger partial charge is 0.448 e. The van der Waals surface area contributed by atoms with Gasteiger partial charge in [-0.15, -0.1) is 0 Å². The molecule has 17 heavy (non-hydrogen) atoms. The maximum absolute atomic E-state index is 13.2. The van der Waals surface area contributed by atoms with E-state index in [0.29, 0.717) is 21.9 Å². The third-order valence-electron chi connectivity index (χ3n) is 2.34. The molecule has 0 saturated heterocycles. The molecule has 90 valence electrons. The minimum atomic E-state index is -0.337. The maximum Gasteiger partial charge on any atom is 0.193 e. The molecule has 2 aromatic rings. The van der Waals surface area contributed by atoms with Crippen LogP contribution in [0.3, 0.4) is 0 Å². The van der Waals surface area contributed by atoms with Crippen molar-refractivity contribution in [1.82, 2.24) is 0 Å². The van der Waals surface area contributed by atoms with Gasteiger partial charge in [0.15, 0.2) is 5.22 Å². The van der Waals surface area contributed by atoms with Crippen molar-refractivity contribution in [3.05, 3.63) is 57.2 Å². The van der Waals surface area contributed by atoms with Crippen molar-refractivity contribution in [3.8, 4) is 0 Å². The fourth-order valence-electron chi connectivity index (χ4n) is 1.61. The molecule has 2 nitrogen and oxygen atoms in total. The summed E-state index contributed by atoms with van der Waals surface area (Å²) in [5.74, 6) is 0.300. The summed E-state index contributed by atoms with van der Waals surface area (Å²) in [5, 5.41) is 0.302. The third-order valence-corrected chi connectivity index (χ3v) is 3.00. The molecule has 0 aliphatic heterocycles. The molecule has 0 radical (unpaired) electrons. The predicted octanol–water partition coefficient (Wildman–Crippen LogP) is 4.08. The van der Waals surface area contributed by atoms with Gasteiger partial charge in [0.05, 0.1) is 6.04 Å². The normalized spacial score (nSPS) is 12.7. The van der Waals surface area contributed by atoms with Crippen molar-refractivity contribution >= 4 is 27.5 Å². The van der Waals surface area contributed by atoms with E-state index in [2.05, 4.69) is 15.9 Å². The van der Waals surface area contributed by atoms with Crippen molar-refractivity contribution in [2.24, 2.45) is 5.73 Å². The van der Waals surface area contributed by atoms with Crippen LogP contribution >= 0.6 is 27.5 Å². The highest BCUT2D eigenvalue weighted by Crippen LogP contribution is 2.23. The van der Waals surface area contributed by atoms with Crippen molar-refractivity contribution in [2.75, 3.05) is 0 Å². The van der Waals surface area contributed by atoms with E-state index in [-0.39, 0.29) is 11.9 Å². The summed E-state index contributed by atoms with van der Waals surface area (Å²) in [6, 6.07) is 7.71. The molecule has 0 bridgehead atoms. The van der Waals surface area contributed by atoms with Crippen LogP contribution in [0.25, 0.3) is 0 Å². The van der Waals surface area contributed by atoms with Gasteiger partial charge in [0.2, 0.25) is 0 Å². The van der Waals surface area contributed by atoms with Gasteiger partial charge < -0.3 is 10.2 Å². The summed E-state index contributed by atoms with van der Waals surface area (Å²) < 4.78 is 19.1. The third kappa shape index (κ3) is 3.31. The molecule has 0 fully saturated rings. The lowest BCUT2D eigenvalue weighted by Gasteiger charge is -2.09. The topological polar surface area (TPSA) is 39.2 Å². The summed E-state index contributed by atoms with van der Waals surface area (Å²) >= 11 is 8.91. The Kier molecular flexibility index (Phi) is 3.86. The highest BCUT2D eigenvalue weighted by atomic mass is 79.9. The fraction of sp³-hybridized carbons (Fsp3) is 0.167. The quantitative estimate of drug-likeness (QED) is 0.926. The Bertz CT molecular complexity index is 509. The van der Waals surface area contributed by atoms with Gasteiger partial charge >= 0.3 is 0 Å². The molecule has 1 aromatic heterocycles. The minimum Gasteiger partial charge on any atom is -0.448 e. The van der Waals surface area contributed by atoms with Gasteiger partial charge in [-0.25, -0.2) is 4.39 Å². The number of rotatable bonds is 3. The molecule has 0 saturated carbocycles. The monoisotopic (exact) mass is 317 g/mol. The molecule has 2 N–H and O–H groups in total. The molecule has 1 aromatic carbocycles. The zero-order valence-corrected chi connectivity index (χ0v) is 11.1. The lowest BCUT2D eigenvalue weighted by molar-refractivity contribution is 0.465. The second kappa shape index (κ2) is 5.21. The maximum atomic E-state index is 13.2. The Hall–Kier alpha value is -0.840. The summed E-state index contributed by atoms with van der Waals surface area (Å²) in [4.78, 5) is 0. The first-order chi connectivity index (χ1) is 8.04. The first kappa shape index (κ1) is 12.6. The summed E-state index contributed by atoms with van der Waals surface area (Å²) in [6.07, 6.45) is 0.486. The average molecular weight is 319 g/mol. The van der Waals surface area contributed by atoms with Crippen LogP contribution in [0.1, 0.15) is 17.4 Å². The van der Waals surface area contributed by atoms with E-state index in [1.807, 2.05) is 6.07 Å². The summed E-state index contributed by atoms with van der Waals surface area (Å²) in [6.45, 7) is 0. The van der Waals surface area contributed by atoms with E-state index >= 15 is 0 Å². The van der Waals surface area contributed by atoms with E-state index < -0.39 is 0 Å². The van der Waals surface area contributed by atoms with Gasteiger partial charge in [0, 0.05) is 4.47 Å². The smallest absolute Gasteiger partial charge is 0.193 e. The number of furan rings is 1. The number of hydrogen-bond acceptors (Lipinski definition) is 2. The highest BCUT2D eigenvalue weighted by molar-refractivity contribution is 9.10. The van der Waals surface area contributed by atoms with Crippen LogP contribution in [0, 0.1) is 5.82 Å². The SMILES string of the molecule is NC(Cc1cc(F)cc(Br)c1)c1ccc(Cl)o1. The number of hydrogen-bond donors (Lipinski definition) is 1. The molecule has 1 heterocycles. The Morgan fingerprint density at radius 3 is 2.71 bits per heavy atom. The number of benzene rings is 1. The van der Waals surface area contributed by atoms with E-state index in [1.54, 1.807) is 12.1 Å². The highest BCUT2D eigenvalue weighted by Gasteiger charge is 2.12. The van der Waals surface area contributed by atoms with Crippen molar-refractivity contribution < 1.29 is 8.81 Å². The number of halogens is 3. The second-order valence-corrected chi connectivity index (χ2v) is 5.02. The van der Waals surface area contributed by atoms with E-state index in [1.165, 1.54) is 12.1 Å². The van der Waals surface area contributed by atoms with Crippen LogP contribution in [0.4, 0.5) is 4.39 Å². The number of nitrogens with two attached hydrogens (primary N) is 1. The van der Waals surface area contributed by atoms with Gasteiger partial charge in [-0.2, -0.15) is 0 Å². The molecule has 0 spiro atoms. The van der Waals surface area contributed by atoms with Crippen LogP contribution < -0.4 is 5.73 Å². The van der Waals surface area contributed by atoms with Gasteiger partial charge in [0.1, 0.15) is 11.6 Å². The Labute approximate surface area is 112 Å². The zero-order valence-electron chi connectivity index (χ0n) is 8.79. The first-order valence-electron chi connectivity index (χ1n) is 5.00. The predicted molar refractivity (Wildman–Crippen MR) is 68.5 cm³/mol. The van der Waals surface area contributed by atoms with Gasteiger partial charge in [0.25, 0.3) is 0 Å². The molecular weight excluding hydrogens is 308 g/mol. The standard InChI is InChI=1S/C12H10BrClFNO/c13-8-3-7(4-9(15)6-8)5-10(16)11-1-2-12(14)17-11/h1-4,6,10H,5,16H2. The average Bonchev–Trinajstić information content (AvgIpc) is 2.63. The Balaban J connectivity index is 2.15. The summed E-state index contributed by atoms with van der Waals surface area (Å²) in [5.41, 5.74) is 6.75. The van der Waals surface area contributed by atoms with Crippen LogP contribution in [0.2, 0.25) is 5.22 Å². The van der Waals surface area contributed by atoms with Crippen molar-refractivity contribution in [1.29, 1.82) is 0 Å². The molecule has 0 aliphatic rings. The van der Waals surface area contributed by atoms with E-state index in [4.69, 9.17) is 21.8 Å². The molecular formula is C12H10BrClFNO. The molecule has 1 atom stereocenters. The molecule has 2 rings (SSSR count). The van der Waals surface area contributed by atoms with Crippen molar-refractivity contribution in [2.45, 2.75) is 12.5 Å². The first-order valence-corrected chi connectivity index (χ1v) is 6.17. The van der Waals surface area contributed by atoms with Crippen LogP contribution in [0.15, 0.2) is 39.2 Å². The Morgan fingerprint density at radius 1 is 1.35 bits per heavy atom. The Morgan fingerprint density at radius 2 is 2.12 bits per heavy atom. The van der Waals surface area contributed by atoms with Crippen molar-refractivity contribution in [3.63, 3.8) is 0 Å². The van der Waals surface area contributed by atoms with Crippen LogP contribution in [0.5, 0.6) is 0 Å². The lowest BCUT2D eigenvalue weighted by Crippen LogP contribution is -2.12. The molecule has 5 heteroatoms. The van der Waals surface area contributed by atoms with E-state index in [9.17, 15) is 4.39 Å². The molecule has 0 aliphatic carbocycles. The van der Waals surface area contributed by atoms with Crippen LogP contribution in [-0.2, 0) is 6.42 Å². The van der Waals surface area contributed by atoms with Gasteiger partial charge in [-0.05, 0) is 53.9 Å². The second-order valence-electron chi connectivity index (χ2n) is 3.73. The summed E-state index contributed by atoms with van der Waals surface area (Å²) in [7, 11) is 0.